The molecule has 0 aliphatic heterocycles. The number of nitrogens with zero attached hydrogens (tertiary/aromatic N) is 3. The third-order valence-electron chi connectivity index (χ3n) is 4.12. The normalized spacial score (nSPS) is 10.7. The third kappa shape index (κ3) is 14.1. The summed E-state index contributed by atoms with van der Waals surface area (Å²) in [5.41, 5.74) is 1.20. The van der Waals surface area contributed by atoms with Gasteiger partial charge >= 0.3 is 0 Å². The molecular weight excluding hydrogens is 354 g/mol. The maximum Gasteiger partial charge on any atom is 0.0716 e. The zero-order valence-electron chi connectivity index (χ0n) is 16.9. The minimum absolute atomic E-state index is 0.447. The second kappa shape index (κ2) is 18.4. The van der Waals surface area contributed by atoms with Gasteiger partial charge in [0, 0.05) is 39.5 Å². The topological polar surface area (TPSA) is 78.5 Å². The molecule has 0 amide bonds. The van der Waals surface area contributed by atoms with E-state index in [1.807, 2.05) is 18.2 Å². The number of rotatable bonds is 18. The van der Waals surface area contributed by atoms with Crippen LogP contribution in [0.5, 0.6) is 0 Å². The lowest BCUT2D eigenvalue weighted by molar-refractivity contribution is 0.0944. The smallest absolute Gasteiger partial charge is 0.0716 e. The van der Waals surface area contributed by atoms with Gasteiger partial charge in [-0.05, 0) is 24.8 Å². The lowest BCUT2D eigenvalue weighted by Gasteiger charge is -2.22. The molecule has 0 unspecified atom stereocenters. The highest BCUT2D eigenvalue weighted by molar-refractivity contribution is 5.13. The Morgan fingerprint density at radius 1 is 0.679 bits per heavy atom. The summed E-state index contributed by atoms with van der Waals surface area (Å²) in [6, 6.07) is 14.4. The van der Waals surface area contributed by atoms with E-state index >= 15 is 0 Å². The molecule has 6 nitrogen and oxygen atoms in total. The highest BCUT2D eigenvalue weighted by Gasteiger charge is 2.05. The van der Waals surface area contributed by atoms with Crippen molar-refractivity contribution in [3.8, 4) is 12.1 Å². The standard InChI is InChI=1S/C22H33N3O3/c23-11-4-16-26-18-6-13-25(14-7-19-27-17-5-12-24)15-8-20-28-21-22-9-2-1-3-10-22/h1-3,9-10H,4-8,13-21H2. The van der Waals surface area contributed by atoms with E-state index in [0.717, 1.165) is 45.5 Å². The predicted molar refractivity (Wildman–Crippen MR) is 108 cm³/mol. The van der Waals surface area contributed by atoms with E-state index in [2.05, 4.69) is 29.2 Å². The molecule has 0 radical (unpaired) electrons. The van der Waals surface area contributed by atoms with E-state index in [4.69, 9.17) is 24.7 Å². The summed E-state index contributed by atoms with van der Waals surface area (Å²) in [6.45, 7) is 6.68. The van der Waals surface area contributed by atoms with Crippen LogP contribution in [0.2, 0.25) is 0 Å². The Labute approximate surface area is 169 Å². The van der Waals surface area contributed by atoms with Gasteiger partial charge in [0.05, 0.1) is 44.8 Å². The highest BCUT2D eigenvalue weighted by Crippen LogP contribution is 2.03. The van der Waals surface area contributed by atoms with Crippen molar-refractivity contribution in [3.63, 3.8) is 0 Å². The molecule has 0 bridgehead atoms. The Balaban J connectivity index is 2.17. The van der Waals surface area contributed by atoms with E-state index in [0.29, 0.717) is 45.9 Å². The third-order valence-corrected chi connectivity index (χ3v) is 4.12. The molecule has 0 atom stereocenters. The summed E-state index contributed by atoms with van der Waals surface area (Å²) in [7, 11) is 0. The average Bonchev–Trinajstić information content (AvgIpc) is 2.73. The number of benzene rings is 1. The molecular formula is C22H33N3O3. The van der Waals surface area contributed by atoms with Gasteiger partial charge in [-0.25, -0.2) is 0 Å². The van der Waals surface area contributed by atoms with Gasteiger partial charge in [0.15, 0.2) is 0 Å². The summed E-state index contributed by atoms with van der Waals surface area (Å²) in [5, 5.41) is 17.0. The molecule has 0 N–H and O–H groups in total. The van der Waals surface area contributed by atoms with Gasteiger partial charge in [-0.3, -0.25) is 0 Å². The van der Waals surface area contributed by atoms with Crippen molar-refractivity contribution in [1.82, 2.24) is 4.90 Å². The van der Waals surface area contributed by atoms with Crippen molar-refractivity contribution >= 4 is 0 Å². The van der Waals surface area contributed by atoms with Crippen LogP contribution in [0.1, 0.15) is 37.7 Å². The molecule has 0 saturated carbocycles. The van der Waals surface area contributed by atoms with E-state index in [9.17, 15) is 0 Å². The highest BCUT2D eigenvalue weighted by atomic mass is 16.5. The van der Waals surface area contributed by atoms with Gasteiger partial charge in [-0.15, -0.1) is 0 Å². The molecule has 0 heterocycles. The number of hydrogen-bond donors (Lipinski definition) is 0. The summed E-state index contributed by atoms with van der Waals surface area (Å²) in [4.78, 5) is 2.41. The van der Waals surface area contributed by atoms with Crippen LogP contribution in [0.4, 0.5) is 0 Å². The molecule has 1 rings (SSSR count). The Kier molecular flexibility index (Phi) is 15.8. The number of hydrogen-bond acceptors (Lipinski definition) is 6. The maximum absolute atomic E-state index is 8.52. The van der Waals surface area contributed by atoms with Crippen molar-refractivity contribution in [2.75, 3.05) is 52.7 Å². The lowest BCUT2D eigenvalue weighted by atomic mass is 10.2. The van der Waals surface area contributed by atoms with Crippen LogP contribution in [-0.4, -0.2) is 57.6 Å². The van der Waals surface area contributed by atoms with Gasteiger partial charge < -0.3 is 19.1 Å². The Morgan fingerprint density at radius 3 is 1.68 bits per heavy atom. The maximum atomic E-state index is 8.52. The van der Waals surface area contributed by atoms with Crippen LogP contribution in [0.25, 0.3) is 0 Å². The first-order valence-electron chi connectivity index (χ1n) is 10.1. The first-order valence-corrected chi connectivity index (χ1v) is 10.1. The number of ether oxygens (including phenoxy) is 3. The monoisotopic (exact) mass is 387 g/mol. The summed E-state index contributed by atoms with van der Waals surface area (Å²) in [6.07, 6.45) is 3.78. The average molecular weight is 388 g/mol. The fraction of sp³-hybridized carbons (Fsp3) is 0.636. The zero-order valence-corrected chi connectivity index (χ0v) is 16.9. The Bertz CT molecular complexity index is 528. The Hall–Kier alpha value is -1.96. The van der Waals surface area contributed by atoms with Crippen LogP contribution in [-0.2, 0) is 20.8 Å². The van der Waals surface area contributed by atoms with E-state index in [-0.39, 0.29) is 0 Å². The van der Waals surface area contributed by atoms with Gasteiger partial charge in [-0.1, -0.05) is 30.3 Å². The van der Waals surface area contributed by atoms with E-state index in [1.165, 1.54) is 5.56 Å². The van der Waals surface area contributed by atoms with Crippen LogP contribution in [0.3, 0.4) is 0 Å². The SMILES string of the molecule is N#CCCOCCCN(CCCOCCC#N)CCCOCc1ccccc1. The molecule has 6 heteroatoms. The molecule has 0 fully saturated rings. The first kappa shape index (κ1) is 24.1. The molecule has 0 spiro atoms. The van der Waals surface area contributed by atoms with Gasteiger partial charge in [0.1, 0.15) is 0 Å². The quantitative estimate of drug-likeness (QED) is 0.359. The van der Waals surface area contributed by atoms with Crippen molar-refractivity contribution in [3.05, 3.63) is 35.9 Å². The molecule has 28 heavy (non-hydrogen) atoms. The molecule has 0 aliphatic rings. The molecule has 154 valence electrons. The number of nitriles is 2. The summed E-state index contributed by atoms with van der Waals surface area (Å²) >= 11 is 0. The van der Waals surface area contributed by atoms with Crippen LogP contribution in [0, 0.1) is 22.7 Å². The van der Waals surface area contributed by atoms with Gasteiger partial charge in [0.2, 0.25) is 0 Å². The second-order valence-electron chi connectivity index (χ2n) is 6.48. The predicted octanol–water partition coefficient (Wildman–Crippen LogP) is 3.54. The Morgan fingerprint density at radius 2 is 1.18 bits per heavy atom. The molecule has 1 aromatic rings. The van der Waals surface area contributed by atoms with Gasteiger partial charge in [0.25, 0.3) is 0 Å². The second-order valence-corrected chi connectivity index (χ2v) is 6.48. The minimum Gasteiger partial charge on any atom is -0.380 e. The van der Waals surface area contributed by atoms with Gasteiger partial charge in [-0.2, -0.15) is 10.5 Å². The van der Waals surface area contributed by atoms with E-state index < -0.39 is 0 Å². The summed E-state index contributed by atoms with van der Waals surface area (Å²) < 4.78 is 16.7. The van der Waals surface area contributed by atoms with E-state index in [1.54, 1.807) is 0 Å². The zero-order chi connectivity index (χ0) is 20.1. The van der Waals surface area contributed by atoms with Crippen LogP contribution >= 0.6 is 0 Å². The fourth-order valence-corrected chi connectivity index (χ4v) is 2.71. The summed E-state index contributed by atoms with van der Waals surface area (Å²) in [5.74, 6) is 0. The largest absolute Gasteiger partial charge is 0.380 e. The van der Waals surface area contributed by atoms with Crippen molar-refractivity contribution in [2.24, 2.45) is 0 Å². The first-order chi connectivity index (χ1) is 13.9. The van der Waals surface area contributed by atoms with Crippen molar-refractivity contribution in [1.29, 1.82) is 10.5 Å². The fourth-order valence-electron chi connectivity index (χ4n) is 2.71. The minimum atomic E-state index is 0.447. The molecule has 1 aromatic carbocycles. The molecule has 0 aliphatic carbocycles. The van der Waals surface area contributed by atoms with Crippen LogP contribution < -0.4 is 0 Å². The van der Waals surface area contributed by atoms with Crippen molar-refractivity contribution < 1.29 is 14.2 Å². The molecule has 0 saturated heterocycles. The molecule has 0 aromatic heterocycles. The van der Waals surface area contributed by atoms with Crippen LogP contribution in [0.15, 0.2) is 30.3 Å². The van der Waals surface area contributed by atoms with Crippen molar-refractivity contribution in [2.45, 2.75) is 38.7 Å². The lowest BCUT2D eigenvalue weighted by Crippen LogP contribution is -2.29.